The summed E-state index contributed by atoms with van der Waals surface area (Å²) in [6.07, 6.45) is -0.257. The number of amidine groups is 1. The average Bonchev–Trinajstić information content (AvgIpc) is 3.18. The van der Waals surface area contributed by atoms with Crippen molar-refractivity contribution in [3.05, 3.63) is 22.8 Å². The highest BCUT2D eigenvalue weighted by atomic mass is 32.1. The molecule has 0 aromatic carbocycles. The molecule has 2 aliphatic heterocycles. The van der Waals surface area contributed by atoms with Crippen LogP contribution in [0.5, 0.6) is 0 Å². The number of thiophene rings is 1. The van der Waals surface area contributed by atoms with E-state index in [0.717, 1.165) is 48.4 Å². The second-order valence-corrected chi connectivity index (χ2v) is 8.25. The molecular formula is C18H22F3N7OS. The number of carbonyl (C=O) groups is 1. The van der Waals surface area contributed by atoms with Gasteiger partial charge < -0.3 is 21.3 Å². The van der Waals surface area contributed by atoms with E-state index in [-0.39, 0.29) is 23.8 Å². The number of nitrogens with two attached hydrogens (primary N) is 1. The fraction of sp³-hybridized carbons (Fsp3) is 0.500. The highest BCUT2D eigenvalue weighted by molar-refractivity contribution is 7.15. The summed E-state index contributed by atoms with van der Waals surface area (Å²) < 4.78 is 42.0. The Morgan fingerprint density at radius 2 is 2.20 bits per heavy atom. The zero-order valence-electron chi connectivity index (χ0n) is 16.3. The number of carbonyl (C=O) groups excluding carboxylic acids is 1. The molecular weight excluding hydrogens is 419 g/mol. The van der Waals surface area contributed by atoms with E-state index < -0.39 is 17.8 Å². The summed E-state index contributed by atoms with van der Waals surface area (Å²) >= 11 is 1.14. The Hall–Kier alpha value is -2.60. The van der Waals surface area contributed by atoms with Crippen LogP contribution < -0.4 is 21.3 Å². The molecule has 30 heavy (non-hydrogen) atoms. The van der Waals surface area contributed by atoms with E-state index >= 15 is 0 Å². The van der Waals surface area contributed by atoms with Crippen molar-refractivity contribution in [2.75, 3.05) is 24.5 Å². The minimum atomic E-state index is -4.62. The Bertz CT molecular complexity index is 973. The molecule has 0 spiro atoms. The maximum atomic E-state index is 13.6. The first kappa shape index (κ1) is 20.7. The number of fused-ring (bicyclic) bond motifs is 1. The molecule has 8 nitrogen and oxygen atoms in total. The molecule has 2 aromatic heterocycles. The lowest BCUT2D eigenvalue weighted by Crippen LogP contribution is -2.45. The van der Waals surface area contributed by atoms with E-state index in [2.05, 4.69) is 20.7 Å². The number of anilines is 2. The third-order valence-corrected chi connectivity index (χ3v) is 6.09. The molecule has 1 atom stereocenters. The first-order chi connectivity index (χ1) is 14.2. The van der Waals surface area contributed by atoms with Crippen molar-refractivity contribution in [1.82, 2.24) is 20.4 Å². The number of halogens is 3. The number of amides is 1. The van der Waals surface area contributed by atoms with Gasteiger partial charge in [-0.05, 0) is 19.4 Å². The van der Waals surface area contributed by atoms with Crippen molar-refractivity contribution in [3.8, 4) is 0 Å². The quantitative estimate of drug-likeness (QED) is 0.680. The number of primary amides is 1. The Morgan fingerprint density at radius 3 is 2.93 bits per heavy atom. The van der Waals surface area contributed by atoms with Crippen LogP contribution in [-0.2, 0) is 13.2 Å². The molecule has 1 saturated heterocycles. The van der Waals surface area contributed by atoms with Gasteiger partial charge in [-0.15, -0.1) is 11.3 Å². The lowest BCUT2D eigenvalue weighted by atomic mass is 10.1. The summed E-state index contributed by atoms with van der Waals surface area (Å²) in [5.74, 6) is -0.176. The number of aryl methyl sites for hydroxylation is 1. The number of aliphatic imine (C=N–C) groups is 1. The topological polar surface area (TPSA) is 101 Å². The Kier molecular flexibility index (Phi) is 5.45. The molecule has 4 heterocycles. The van der Waals surface area contributed by atoms with E-state index in [4.69, 9.17) is 5.73 Å². The molecule has 1 fully saturated rings. The molecule has 1 unspecified atom stereocenters. The Balaban J connectivity index is 1.74. The van der Waals surface area contributed by atoms with Gasteiger partial charge in [-0.2, -0.15) is 18.3 Å². The van der Waals surface area contributed by atoms with Crippen molar-refractivity contribution in [1.29, 1.82) is 0 Å². The molecule has 2 aliphatic rings. The zero-order valence-corrected chi connectivity index (χ0v) is 17.1. The Morgan fingerprint density at radius 1 is 1.40 bits per heavy atom. The number of rotatable bonds is 3. The van der Waals surface area contributed by atoms with Gasteiger partial charge in [0.15, 0.2) is 5.69 Å². The number of hydrogen-bond donors (Lipinski definition) is 3. The lowest BCUT2D eigenvalue weighted by Gasteiger charge is -2.30. The number of hydrogen-bond acceptors (Lipinski definition) is 7. The van der Waals surface area contributed by atoms with Gasteiger partial charge in [0.05, 0.1) is 17.8 Å². The van der Waals surface area contributed by atoms with Gasteiger partial charge in [-0.1, -0.05) is 6.42 Å². The molecule has 0 aliphatic carbocycles. The molecule has 12 heteroatoms. The highest BCUT2D eigenvalue weighted by Crippen LogP contribution is 2.47. The normalized spacial score (nSPS) is 19.8. The zero-order chi connectivity index (χ0) is 21.5. The average molecular weight is 441 g/mol. The van der Waals surface area contributed by atoms with E-state index in [9.17, 15) is 18.0 Å². The largest absolute Gasteiger partial charge is 0.437 e. The van der Waals surface area contributed by atoms with Gasteiger partial charge in [0.1, 0.15) is 16.5 Å². The fourth-order valence-corrected chi connectivity index (χ4v) is 4.75. The molecule has 0 bridgehead atoms. The summed E-state index contributed by atoms with van der Waals surface area (Å²) in [6.45, 7) is 1.78. The van der Waals surface area contributed by atoms with Crippen LogP contribution in [0.25, 0.3) is 0 Å². The van der Waals surface area contributed by atoms with Crippen molar-refractivity contribution >= 4 is 39.5 Å². The summed E-state index contributed by atoms with van der Waals surface area (Å²) in [4.78, 5) is 17.9. The Labute approximate surface area is 174 Å². The van der Waals surface area contributed by atoms with E-state index in [1.54, 1.807) is 0 Å². The number of nitrogens with one attached hydrogen (secondary N) is 2. The van der Waals surface area contributed by atoms with Crippen molar-refractivity contribution in [2.45, 2.75) is 31.5 Å². The predicted octanol–water partition coefficient (Wildman–Crippen LogP) is 2.51. The number of nitrogens with zero attached hydrogens (tertiary/aromatic N) is 4. The minimum absolute atomic E-state index is 0.0858. The van der Waals surface area contributed by atoms with Crippen molar-refractivity contribution in [3.63, 3.8) is 0 Å². The number of aromatic nitrogens is 2. The molecule has 1 amide bonds. The van der Waals surface area contributed by atoms with Gasteiger partial charge in [-0.3, -0.25) is 9.48 Å². The van der Waals surface area contributed by atoms with Gasteiger partial charge in [0.2, 0.25) is 0 Å². The van der Waals surface area contributed by atoms with Gasteiger partial charge in [-0.25, -0.2) is 4.99 Å². The summed E-state index contributed by atoms with van der Waals surface area (Å²) in [5.41, 5.74) is 4.89. The molecule has 2 aromatic rings. The van der Waals surface area contributed by atoms with E-state index in [1.165, 1.54) is 23.5 Å². The molecule has 4 N–H and O–H groups in total. The monoisotopic (exact) mass is 441 g/mol. The van der Waals surface area contributed by atoms with E-state index in [0.29, 0.717) is 16.5 Å². The fourth-order valence-electron chi connectivity index (χ4n) is 3.73. The van der Waals surface area contributed by atoms with Crippen LogP contribution in [0.2, 0.25) is 0 Å². The van der Waals surface area contributed by atoms with Gasteiger partial charge in [0, 0.05) is 31.2 Å². The third-order valence-electron chi connectivity index (χ3n) is 5.10. The molecule has 0 radical (unpaired) electrons. The van der Waals surface area contributed by atoms with Crippen LogP contribution in [0, 0.1) is 0 Å². The van der Waals surface area contributed by atoms with Crippen LogP contribution in [0.3, 0.4) is 0 Å². The molecule has 162 valence electrons. The van der Waals surface area contributed by atoms with Crippen LogP contribution in [0.4, 0.5) is 29.5 Å². The second-order valence-electron chi connectivity index (χ2n) is 7.39. The molecule has 0 saturated carbocycles. The lowest BCUT2D eigenvalue weighted by molar-refractivity contribution is -0.140. The highest BCUT2D eigenvalue weighted by Gasteiger charge is 2.40. The second kappa shape index (κ2) is 7.91. The van der Waals surface area contributed by atoms with Gasteiger partial charge >= 0.3 is 6.18 Å². The molecule has 4 rings (SSSR count). The third kappa shape index (κ3) is 4.01. The maximum absolute atomic E-state index is 13.6. The first-order valence-corrected chi connectivity index (χ1v) is 10.5. The summed E-state index contributed by atoms with van der Waals surface area (Å²) in [6, 6.07) is 0.0984. The smallest absolute Gasteiger partial charge is 0.368 e. The van der Waals surface area contributed by atoms with Crippen molar-refractivity contribution < 1.29 is 18.0 Å². The van der Waals surface area contributed by atoms with E-state index in [1.807, 2.05) is 0 Å². The number of alkyl halides is 3. The summed E-state index contributed by atoms with van der Waals surface area (Å²) in [5, 5.41) is 12.3. The summed E-state index contributed by atoms with van der Waals surface area (Å²) in [7, 11) is 1.44. The van der Waals surface area contributed by atoms with Gasteiger partial charge in [0.25, 0.3) is 5.91 Å². The standard InChI is InChI=1S/C18H22F3N7OS/c1-27-7-12(15(26-27)18(19,20)21)28-8-13(24-10-4-2-3-5-23-6-10)25-14-11(16(22)29)9-30-17(14)28/h7,9-10,23H,2-6,8H2,1H3,(H2,22,29)(H,24,25). The van der Waals surface area contributed by atoms with Crippen LogP contribution in [0.1, 0.15) is 35.3 Å². The first-order valence-electron chi connectivity index (χ1n) is 9.58. The SMILES string of the molecule is Cn1cc(N2CC(NC3CCCCNC3)=Nc3c(C(N)=O)csc32)c(C(F)(F)F)n1. The van der Waals surface area contributed by atoms with Crippen LogP contribution in [-0.4, -0.2) is 47.2 Å². The van der Waals surface area contributed by atoms with Crippen molar-refractivity contribution in [2.24, 2.45) is 17.8 Å². The minimum Gasteiger partial charge on any atom is -0.368 e. The van der Waals surface area contributed by atoms with Crippen LogP contribution in [0.15, 0.2) is 16.6 Å². The predicted molar refractivity (Wildman–Crippen MR) is 109 cm³/mol. The maximum Gasteiger partial charge on any atom is 0.437 e. The van der Waals surface area contributed by atoms with Crippen LogP contribution >= 0.6 is 11.3 Å².